The molecular formula is C14H21NO. The lowest BCUT2D eigenvalue weighted by Crippen LogP contribution is -1.98. The van der Waals surface area contributed by atoms with Crippen molar-refractivity contribution >= 4 is 6.21 Å². The van der Waals surface area contributed by atoms with E-state index in [9.17, 15) is 5.11 Å². The summed E-state index contributed by atoms with van der Waals surface area (Å²) in [6.07, 6.45) is 6.64. The van der Waals surface area contributed by atoms with Gasteiger partial charge in [0, 0.05) is 17.8 Å². The maximum atomic E-state index is 9.55. The molecule has 0 aromatic heterocycles. The van der Waals surface area contributed by atoms with Crippen molar-refractivity contribution in [3.63, 3.8) is 0 Å². The number of nitrogens with zero attached hydrogens (tertiary/aromatic N) is 1. The summed E-state index contributed by atoms with van der Waals surface area (Å²) in [4.78, 5) is 4.44. The number of rotatable bonds is 6. The fourth-order valence-electron chi connectivity index (χ4n) is 1.57. The van der Waals surface area contributed by atoms with Crippen LogP contribution in [0.25, 0.3) is 0 Å². The molecule has 16 heavy (non-hydrogen) atoms. The Hall–Kier alpha value is -1.31. The van der Waals surface area contributed by atoms with Gasteiger partial charge >= 0.3 is 0 Å². The third-order valence-corrected chi connectivity index (χ3v) is 2.63. The Bertz CT molecular complexity index is 333. The van der Waals surface area contributed by atoms with Crippen molar-refractivity contribution in [3.05, 3.63) is 29.8 Å². The second-order valence-electron chi connectivity index (χ2n) is 4.18. The lowest BCUT2D eigenvalue weighted by atomic mass is 10.1. The highest BCUT2D eigenvalue weighted by molar-refractivity contribution is 5.83. The van der Waals surface area contributed by atoms with Gasteiger partial charge in [0.1, 0.15) is 5.75 Å². The quantitative estimate of drug-likeness (QED) is 0.573. The predicted molar refractivity (Wildman–Crippen MR) is 69.3 cm³/mol. The first-order valence-corrected chi connectivity index (χ1v) is 6.05. The summed E-state index contributed by atoms with van der Waals surface area (Å²) in [5.74, 6) is 0.298. The third-order valence-electron chi connectivity index (χ3n) is 2.63. The first-order chi connectivity index (χ1) is 7.74. The smallest absolute Gasteiger partial charge is 0.124 e. The molecule has 0 aliphatic heterocycles. The molecule has 1 unspecified atom stereocenters. The van der Waals surface area contributed by atoms with Crippen LogP contribution in [0.5, 0.6) is 5.75 Å². The zero-order valence-corrected chi connectivity index (χ0v) is 10.2. The van der Waals surface area contributed by atoms with E-state index in [1.54, 1.807) is 12.3 Å². The van der Waals surface area contributed by atoms with E-state index in [0.717, 1.165) is 12.0 Å². The number of phenols is 1. The van der Waals surface area contributed by atoms with Crippen molar-refractivity contribution in [2.45, 2.75) is 45.6 Å². The van der Waals surface area contributed by atoms with Gasteiger partial charge in [0.25, 0.3) is 0 Å². The minimum atomic E-state index is 0.298. The van der Waals surface area contributed by atoms with E-state index in [0.29, 0.717) is 11.8 Å². The van der Waals surface area contributed by atoms with E-state index in [4.69, 9.17) is 0 Å². The van der Waals surface area contributed by atoms with Crippen LogP contribution in [0.15, 0.2) is 29.3 Å². The summed E-state index contributed by atoms with van der Waals surface area (Å²) < 4.78 is 0. The van der Waals surface area contributed by atoms with Crippen LogP contribution in [-0.2, 0) is 0 Å². The Labute approximate surface area is 98.0 Å². The van der Waals surface area contributed by atoms with Crippen LogP contribution in [-0.4, -0.2) is 17.4 Å². The Kier molecular flexibility index (Phi) is 5.62. The number of benzene rings is 1. The van der Waals surface area contributed by atoms with E-state index in [1.807, 2.05) is 18.2 Å². The summed E-state index contributed by atoms with van der Waals surface area (Å²) in [6, 6.07) is 7.62. The Morgan fingerprint density at radius 3 is 2.75 bits per heavy atom. The normalized spacial score (nSPS) is 13.1. The van der Waals surface area contributed by atoms with Crippen LogP contribution in [0.2, 0.25) is 0 Å². The van der Waals surface area contributed by atoms with Gasteiger partial charge in [0.15, 0.2) is 0 Å². The summed E-state index contributed by atoms with van der Waals surface area (Å²) in [7, 11) is 0. The van der Waals surface area contributed by atoms with Gasteiger partial charge in [-0.2, -0.15) is 0 Å². The highest BCUT2D eigenvalue weighted by atomic mass is 16.3. The second-order valence-corrected chi connectivity index (χ2v) is 4.18. The molecule has 1 rings (SSSR count). The second kappa shape index (κ2) is 7.04. The fourth-order valence-corrected chi connectivity index (χ4v) is 1.57. The largest absolute Gasteiger partial charge is 0.507 e. The maximum Gasteiger partial charge on any atom is 0.124 e. The summed E-state index contributed by atoms with van der Waals surface area (Å²) in [5.41, 5.74) is 0.796. The third kappa shape index (κ3) is 4.47. The Morgan fingerprint density at radius 2 is 2.06 bits per heavy atom. The Balaban J connectivity index is 2.44. The molecule has 1 atom stereocenters. The lowest BCUT2D eigenvalue weighted by Gasteiger charge is -2.05. The van der Waals surface area contributed by atoms with E-state index in [1.165, 1.54) is 19.3 Å². The molecule has 0 saturated carbocycles. The molecule has 0 aliphatic carbocycles. The topological polar surface area (TPSA) is 32.6 Å². The molecule has 0 fully saturated rings. The molecule has 1 aromatic carbocycles. The van der Waals surface area contributed by atoms with Gasteiger partial charge in [-0.25, -0.2) is 0 Å². The predicted octanol–water partition coefficient (Wildman–Crippen LogP) is 3.78. The SMILES string of the molecule is CCCCCC(C)N=Cc1ccccc1O. The number of phenolic OH excluding ortho intramolecular Hbond substituents is 1. The Morgan fingerprint density at radius 1 is 1.31 bits per heavy atom. The minimum Gasteiger partial charge on any atom is -0.507 e. The zero-order valence-electron chi connectivity index (χ0n) is 10.2. The number of aromatic hydroxyl groups is 1. The molecule has 0 aliphatic rings. The molecule has 1 aromatic rings. The highest BCUT2D eigenvalue weighted by Gasteiger charge is 1.99. The minimum absolute atomic E-state index is 0.298. The van der Waals surface area contributed by atoms with Gasteiger partial charge in [0.05, 0.1) is 0 Å². The number of aliphatic imine (C=N–C) groups is 1. The maximum absolute atomic E-state index is 9.55. The van der Waals surface area contributed by atoms with Gasteiger partial charge in [-0.1, -0.05) is 38.3 Å². The van der Waals surface area contributed by atoms with Crippen molar-refractivity contribution < 1.29 is 5.11 Å². The number of unbranched alkanes of at least 4 members (excludes halogenated alkanes) is 2. The van der Waals surface area contributed by atoms with Crippen LogP contribution in [0.4, 0.5) is 0 Å². The van der Waals surface area contributed by atoms with E-state index < -0.39 is 0 Å². The van der Waals surface area contributed by atoms with Crippen molar-refractivity contribution in [1.82, 2.24) is 0 Å². The van der Waals surface area contributed by atoms with Crippen molar-refractivity contribution in [2.75, 3.05) is 0 Å². The van der Waals surface area contributed by atoms with Crippen molar-refractivity contribution in [2.24, 2.45) is 4.99 Å². The molecule has 0 amide bonds. The van der Waals surface area contributed by atoms with E-state index in [-0.39, 0.29) is 0 Å². The molecule has 1 N–H and O–H groups in total. The molecule has 0 radical (unpaired) electrons. The number of para-hydroxylation sites is 1. The summed E-state index contributed by atoms with van der Waals surface area (Å²) >= 11 is 0. The standard InChI is InChI=1S/C14H21NO/c1-3-4-5-8-12(2)15-11-13-9-6-7-10-14(13)16/h6-7,9-12,16H,3-5,8H2,1-2H3. The van der Waals surface area contributed by atoms with Crippen LogP contribution < -0.4 is 0 Å². The molecule has 2 nitrogen and oxygen atoms in total. The molecule has 0 heterocycles. The van der Waals surface area contributed by atoms with Crippen LogP contribution in [0, 0.1) is 0 Å². The number of hydrogen-bond acceptors (Lipinski definition) is 2. The molecule has 0 bridgehead atoms. The fraction of sp³-hybridized carbons (Fsp3) is 0.500. The van der Waals surface area contributed by atoms with Crippen LogP contribution in [0.3, 0.4) is 0 Å². The van der Waals surface area contributed by atoms with E-state index >= 15 is 0 Å². The van der Waals surface area contributed by atoms with Gasteiger partial charge in [0.2, 0.25) is 0 Å². The van der Waals surface area contributed by atoms with Gasteiger partial charge < -0.3 is 5.11 Å². The zero-order chi connectivity index (χ0) is 11.8. The highest BCUT2D eigenvalue weighted by Crippen LogP contribution is 2.13. The van der Waals surface area contributed by atoms with Crippen LogP contribution in [0.1, 0.15) is 45.1 Å². The lowest BCUT2D eigenvalue weighted by molar-refractivity contribution is 0.474. The first kappa shape index (κ1) is 12.8. The van der Waals surface area contributed by atoms with E-state index in [2.05, 4.69) is 18.8 Å². The molecule has 2 heteroatoms. The van der Waals surface area contributed by atoms with Gasteiger partial charge in [-0.05, 0) is 25.5 Å². The van der Waals surface area contributed by atoms with Gasteiger partial charge in [-0.3, -0.25) is 4.99 Å². The molecule has 88 valence electrons. The summed E-state index contributed by atoms with van der Waals surface area (Å²) in [6.45, 7) is 4.32. The number of hydrogen-bond donors (Lipinski definition) is 1. The average Bonchev–Trinajstić information content (AvgIpc) is 2.28. The molecular weight excluding hydrogens is 198 g/mol. The average molecular weight is 219 g/mol. The first-order valence-electron chi connectivity index (χ1n) is 6.05. The van der Waals surface area contributed by atoms with Crippen molar-refractivity contribution in [1.29, 1.82) is 0 Å². The van der Waals surface area contributed by atoms with Crippen LogP contribution >= 0.6 is 0 Å². The summed E-state index contributed by atoms with van der Waals surface area (Å²) in [5, 5.41) is 9.55. The van der Waals surface area contributed by atoms with Crippen molar-refractivity contribution in [3.8, 4) is 5.75 Å². The molecule has 0 spiro atoms. The monoisotopic (exact) mass is 219 g/mol. The molecule has 0 saturated heterocycles. The van der Waals surface area contributed by atoms with Gasteiger partial charge in [-0.15, -0.1) is 0 Å².